The third kappa shape index (κ3) is 3.55. The van der Waals surface area contributed by atoms with Crippen LogP contribution in [0.1, 0.15) is 47.0 Å². The van der Waals surface area contributed by atoms with E-state index in [0.29, 0.717) is 18.7 Å². The molecular formula is C19H23NO2. The van der Waals surface area contributed by atoms with Crippen molar-refractivity contribution < 1.29 is 9.90 Å². The van der Waals surface area contributed by atoms with Crippen molar-refractivity contribution in [2.45, 2.75) is 26.9 Å². The summed E-state index contributed by atoms with van der Waals surface area (Å²) in [5.74, 6) is 0.0291. The summed E-state index contributed by atoms with van der Waals surface area (Å²) in [6.45, 7) is 7.35. The summed E-state index contributed by atoms with van der Waals surface area (Å²) in [5.41, 5.74) is 3.47. The molecule has 3 nitrogen and oxygen atoms in total. The first-order valence-electron chi connectivity index (χ1n) is 7.70. The van der Waals surface area contributed by atoms with Crippen LogP contribution in [0.3, 0.4) is 0 Å². The molecule has 0 bridgehead atoms. The van der Waals surface area contributed by atoms with Gasteiger partial charge in [0, 0.05) is 18.7 Å². The molecule has 0 aromatic heterocycles. The van der Waals surface area contributed by atoms with Crippen LogP contribution >= 0.6 is 0 Å². The van der Waals surface area contributed by atoms with Crippen molar-refractivity contribution in [3.05, 3.63) is 70.8 Å². The van der Waals surface area contributed by atoms with Gasteiger partial charge in [-0.3, -0.25) is 4.79 Å². The second kappa shape index (κ2) is 7.23. The van der Waals surface area contributed by atoms with Gasteiger partial charge in [-0.25, -0.2) is 0 Å². The molecule has 3 heteroatoms. The molecule has 1 amide bonds. The molecule has 0 aliphatic carbocycles. The molecule has 1 N–H and O–H groups in total. The van der Waals surface area contributed by atoms with E-state index in [-0.39, 0.29) is 5.91 Å². The van der Waals surface area contributed by atoms with Crippen LogP contribution in [0.4, 0.5) is 0 Å². The van der Waals surface area contributed by atoms with Crippen LogP contribution < -0.4 is 0 Å². The number of hydrogen-bond donors (Lipinski definition) is 1. The number of aliphatic hydroxyl groups excluding tert-OH is 1. The largest absolute Gasteiger partial charge is 0.384 e. The normalized spacial score (nSPS) is 12.0. The highest BCUT2D eigenvalue weighted by molar-refractivity contribution is 5.94. The Morgan fingerprint density at radius 3 is 1.86 bits per heavy atom. The molecule has 2 rings (SSSR count). The predicted molar refractivity (Wildman–Crippen MR) is 88.9 cm³/mol. The lowest BCUT2D eigenvalue weighted by atomic mass is 9.99. The molecule has 116 valence electrons. The van der Waals surface area contributed by atoms with E-state index in [1.54, 1.807) is 17.0 Å². The fourth-order valence-electron chi connectivity index (χ4n) is 2.44. The highest BCUT2D eigenvalue weighted by Crippen LogP contribution is 2.22. The van der Waals surface area contributed by atoms with E-state index in [1.165, 1.54) is 0 Å². The van der Waals surface area contributed by atoms with Gasteiger partial charge in [0.1, 0.15) is 6.10 Å². The van der Waals surface area contributed by atoms with Crippen LogP contribution in [-0.2, 0) is 0 Å². The first kappa shape index (κ1) is 16.2. The summed E-state index contributed by atoms with van der Waals surface area (Å²) in [7, 11) is 0. The first-order valence-corrected chi connectivity index (χ1v) is 7.70. The summed E-state index contributed by atoms with van der Waals surface area (Å²) >= 11 is 0. The average Bonchev–Trinajstić information content (AvgIpc) is 2.56. The highest BCUT2D eigenvalue weighted by Gasteiger charge is 2.14. The maximum atomic E-state index is 12.3. The number of amides is 1. The summed E-state index contributed by atoms with van der Waals surface area (Å²) in [4.78, 5) is 14.0. The second-order valence-corrected chi connectivity index (χ2v) is 5.41. The number of hydrogen-bond acceptors (Lipinski definition) is 2. The average molecular weight is 297 g/mol. The van der Waals surface area contributed by atoms with Crippen molar-refractivity contribution in [1.82, 2.24) is 4.90 Å². The van der Waals surface area contributed by atoms with Crippen molar-refractivity contribution in [3.63, 3.8) is 0 Å². The van der Waals surface area contributed by atoms with E-state index in [2.05, 4.69) is 0 Å². The molecule has 0 unspecified atom stereocenters. The Morgan fingerprint density at radius 2 is 1.41 bits per heavy atom. The number of carbonyl (C=O) groups excluding carboxylic acids is 1. The zero-order chi connectivity index (χ0) is 16.1. The van der Waals surface area contributed by atoms with E-state index in [1.807, 2.05) is 57.2 Å². The van der Waals surface area contributed by atoms with Gasteiger partial charge in [0.15, 0.2) is 0 Å². The van der Waals surface area contributed by atoms with E-state index in [4.69, 9.17) is 0 Å². The minimum Gasteiger partial charge on any atom is -0.384 e. The Morgan fingerprint density at radius 1 is 0.955 bits per heavy atom. The lowest BCUT2D eigenvalue weighted by molar-refractivity contribution is 0.0773. The summed E-state index contributed by atoms with van der Waals surface area (Å²) in [5, 5.41) is 10.4. The molecule has 0 saturated heterocycles. The van der Waals surface area contributed by atoms with Gasteiger partial charge >= 0.3 is 0 Å². The number of aliphatic hydroxyl groups is 1. The van der Waals surface area contributed by atoms with Gasteiger partial charge in [0.2, 0.25) is 0 Å². The molecule has 2 aromatic rings. The van der Waals surface area contributed by atoms with Crippen molar-refractivity contribution in [1.29, 1.82) is 0 Å². The van der Waals surface area contributed by atoms with Gasteiger partial charge < -0.3 is 10.0 Å². The Hall–Kier alpha value is -2.13. The Kier molecular flexibility index (Phi) is 5.34. The van der Waals surface area contributed by atoms with Crippen molar-refractivity contribution >= 4 is 5.91 Å². The van der Waals surface area contributed by atoms with Crippen molar-refractivity contribution in [3.8, 4) is 0 Å². The number of rotatable bonds is 5. The maximum absolute atomic E-state index is 12.3. The smallest absolute Gasteiger partial charge is 0.253 e. The lowest BCUT2D eigenvalue weighted by Crippen LogP contribution is -2.30. The number of nitrogens with zero attached hydrogens (tertiary/aromatic N) is 1. The SMILES string of the molecule is CCN(CC)C(=O)c1ccc([C@H](O)c2ccc(C)cc2)cc1. The third-order valence-electron chi connectivity index (χ3n) is 3.92. The molecular weight excluding hydrogens is 274 g/mol. The zero-order valence-corrected chi connectivity index (χ0v) is 13.4. The highest BCUT2D eigenvalue weighted by atomic mass is 16.3. The lowest BCUT2D eigenvalue weighted by Gasteiger charge is -2.19. The molecule has 0 fully saturated rings. The summed E-state index contributed by atoms with van der Waals surface area (Å²) in [6, 6.07) is 15.0. The summed E-state index contributed by atoms with van der Waals surface area (Å²) < 4.78 is 0. The van der Waals surface area contributed by atoms with E-state index >= 15 is 0 Å². The van der Waals surface area contributed by atoms with Crippen LogP contribution in [0.5, 0.6) is 0 Å². The van der Waals surface area contributed by atoms with Gasteiger partial charge in [-0.1, -0.05) is 42.0 Å². The Balaban J connectivity index is 2.17. The van der Waals surface area contributed by atoms with Crippen LogP contribution in [-0.4, -0.2) is 29.0 Å². The molecule has 0 aliphatic rings. The quantitative estimate of drug-likeness (QED) is 0.916. The van der Waals surface area contributed by atoms with Crippen LogP contribution in [0.15, 0.2) is 48.5 Å². The van der Waals surface area contributed by atoms with Crippen LogP contribution in [0.2, 0.25) is 0 Å². The molecule has 0 heterocycles. The number of carbonyl (C=O) groups is 1. The Labute approximate surface area is 132 Å². The van der Waals surface area contributed by atoms with Crippen molar-refractivity contribution in [2.75, 3.05) is 13.1 Å². The van der Waals surface area contributed by atoms with E-state index in [0.717, 1.165) is 16.7 Å². The maximum Gasteiger partial charge on any atom is 0.253 e. The molecule has 0 radical (unpaired) electrons. The molecule has 22 heavy (non-hydrogen) atoms. The number of benzene rings is 2. The molecule has 0 aliphatic heterocycles. The molecule has 2 aromatic carbocycles. The van der Waals surface area contributed by atoms with Gasteiger partial charge in [-0.15, -0.1) is 0 Å². The third-order valence-corrected chi connectivity index (χ3v) is 3.92. The van der Waals surface area contributed by atoms with Crippen LogP contribution in [0.25, 0.3) is 0 Å². The fraction of sp³-hybridized carbons (Fsp3) is 0.316. The van der Waals surface area contributed by atoms with Gasteiger partial charge in [-0.05, 0) is 44.0 Å². The molecule has 0 saturated carbocycles. The topological polar surface area (TPSA) is 40.5 Å². The molecule has 1 atom stereocenters. The standard InChI is InChI=1S/C19H23NO2/c1-4-20(5-2)19(22)17-12-10-16(11-13-17)18(21)15-8-6-14(3)7-9-15/h6-13,18,21H,4-5H2,1-3H3/t18-/m1/s1. The van der Waals surface area contributed by atoms with Crippen molar-refractivity contribution in [2.24, 2.45) is 0 Å². The second-order valence-electron chi connectivity index (χ2n) is 5.41. The first-order chi connectivity index (χ1) is 10.6. The summed E-state index contributed by atoms with van der Waals surface area (Å²) in [6.07, 6.45) is -0.668. The minimum absolute atomic E-state index is 0.0291. The zero-order valence-electron chi connectivity index (χ0n) is 13.4. The van der Waals surface area contributed by atoms with Gasteiger partial charge in [0.05, 0.1) is 0 Å². The van der Waals surface area contributed by atoms with E-state index < -0.39 is 6.10 Å². The number of aryl methyl sites for hydroxylation is 1. The van der Waals surface area contributed by atoms with E-state index in [9.17, 15) is 9.90 Å². The fourth-order valence-corrected chi connectivity index (χ4v) is 2.44. The monoisotopic (exact) mass is 297 g/mol. The van der Waals surface area contributed by atoms with Gasteiger partial charge in [-0.2, -0.15) is 0 Å². The van der Waals surface area contributed by atoms with Crippen LogP contribution in [0, 0.1) is 6.92 Å². The Bertz CT molecular complexity index is 613. The van der Waals surface area contributed by atoms with Gasteiger partial charge in [0.25, 0.3) is 5.91 Å². The molecule has 0 spiro atoms. The minimum atomic E-state index is -0.668. The predicted octanol–water partition coefficient (Wildman–Crippen LogP) is 3.56.